The van der Waals surface area contributed by atoms with Crippen LogP contribution < -0.4 is 5.32 Å². The van der Waals surface area contributed by atoms with Crippen molar-refractivity contribution < 1.29 is 9.59 Å². The van der Waals surface area contributed by atoms with E-state index >= 15 is 0 Å². The van der Waals surface area contributed by atoms with Crippen LogP contribution in [-0.4, -0.2) is 35.8 Å². The summed E-state index contributed by atoms with van der Waals surface area (Å²) in [6, 6.07) is 4.07. The molecule has 0 atom stereocenters. The molecule has 1 saturated heterocycles. The molecule has 1 aliphatic heterocycles. The Labute approximate surface area is 161 Å². The summed E-state index contributed by atoms with van der Waals surface area (Å²) in [6.07, 6.45) is 14.0. The van der Waals surface area contributed by atoms with E-state index in [4.69, 9.17) is 0 Å². The Balaban J connectivity index is 1.42. The van der Waals surface area contributed by atoms with Crippen LogP contribution in [0.4, 0.5) is 0 Å². The van der Waals surface area contributed by atoms with Crippen molar-refractivity contribution in [2.24, 2.45) is 5.92 Å². The Bertz CT molecular complexity index is 555. The zero-order valence-corrected chi connectivity index (χ0v) is 16.6. The number of carbonyl (C=O) groups is 2. The second kappa shape index (κ2) is 10.1. The van der Waals surface area contributed by atoms with E-state index in [-0.39, 0.29) is 17.7 Å². The molecule has 0 unspecified atom stereocenters. The number of thiophene rings is 1. The molecule has 0 radical (unpaired) electrons. The third-order valence-electron chi connectivity index (χ3n) is 5.72. The van der Waals surface area contributed by atoms with E-state index in [0.717, 1.165) is 17.7 Å². The molecule has 1 aromatic heterocycles. The SMILES string of the molecule is O=C(NC1CCCCCCCCCCC1)C1CN(C(=O)c2cccs2)C1. The first-order chi connectivity index (χ1) is 12.7. The lowest BCUT2D eigenvalue weighted by Crippen LogP contribution is -2.56. The number of carbonyl (C=O) groups excluding carboxylic acids is 2. The topological polar surface area (TPSA) is 49.4 Å². The molecule has 5 heteroatoms. The molecule has 0 spiro atoms. The smallest absolute Gasteiger partial charge is 0.263 e. The van der Waals surface area contributed by atoms with Crippen molar-refractivity contribution in [3.05, 3.63) is 22.4 Å². The van der Waals surface area contributed by atoms with Gasteiger partial charge in [0.2, 0.25) is 5.91 Å². The predicted molar refractivity (Wildman–Crippen MR) is 106 cm³/mol. The summed E-state index contributed by atoms with van der Waals surface area (Å²) < 4.78 is 0. The maximum absolute atomic E-state index is 12.6. The highest BCUT2D eigenvalue weighted by Crippen LogP contribution is 2.22. The third kappa shape index (κ3) is 5.57. The van der Waals surface area contributed by atoms with E-state index in [1.54, 1.807) is 4.90 Å². The molecule has 2 amide bonds. The lowest BCUT2D eigenvalue weighted by Gasteiger charge is -2.38. The largest absolute Gasteiger partial charge is 0.353 e. The number of likely N-dealkylation sites (tertiary alicyclic amines) is 1. The molecular weight excluding hydrogens is 344 g/mol. The summed E-state index contributed by atoms with van der Waals surface area (Å²) in [6.45, 7) is 1.13. The molecule has 1 aromatic rings. The van der Waals surface area contributed by atoms with Crippen LogP contribution in [0.1, 0.15) is 80.3 Å². The Morgan fingerprint density at radius 2 is 1.50 bits per heavy atom. The van der Waals surface area contributed by atoms with Crippen molar-refractivity contribution >= 4 is 23.2 Å². The van der Waals surface area contributed by atoms with E-state index in [2.05, 4.69) is 5.32 Å². The van der Waals surface area contributed by atoms with Crippen LogP contribution in [0.25, 0.3) is 0 Å². The molecular formula is C21H32N2O2S. The van der Waals surface area contributed by atoms with E-state index in [9.17, 15) is 9.59 Å². The van der Waals surface area contributed by atoms with Gasteiger partial charge in [-0.1, -0.05) is 63.9 Å². The van der Waals surface area contributed by atoms with Gasteiger partial charge in [-0.3, -0.25) is 9.59 Å². The number of hydrogen-bond acceptors (Lipinski definition) is 3. The van der Waals surface area contributed by atoms with Gasteiger partial charge in [0.1, 0.15) is 0 Å². The zero-order valence-electron chi connectivity index (χ0n) is 15.8. The van der Waals surface area contributed by atoms with Crippen LogP contribution in [0, 0.1) is 5.92 Å². The van der Waals surface area contributed by atoms with Gasteiger partial charge in [0.15, 0.2) is 0 Å². The minimum Gasteiger partial charge on any atom is -0.353 e. The monoisotopic (exact) mass is 376 g/mol. The van der Waals surface area contributed by atoms with E-state index < -0.39 is 0 Å². The van der Waals surface area contributed by atoms with Crippen molar-refractivity contribution in [1.82, 2.24) is 10.2 Å². The van der Waals surface area contributed by atoms with Gasteiger partial charge >= 0.3 is 0 Å². The van der Waals surface area contributed by atoms with Gasteiger partial charge in [0.25, 0.3) is 5.91 Å². The maximum Gasteiger partial charge on any atom is 0.263 e. The van der Waals surface area contributed by atoms with Crippen molar-refractivity contribution in [2.75, 3.05) is 13.1 Å². The zero-order chi connectivity index (χ0) is 18.2. The Kier molecular flexibility index (Phi) is 7.54. The lowest BCUT2D eigenvalue weighted by molar-refractivity contribution is -0.129. The van der Waals surface area contributed by atoms with Gasteiger partial charge in [0, 0.05) is 19.1 Å². The quantitative estimate of drug-likeness (QED) is 0.837. The summed E-state index contributed by atoms with van der Waals surface area (Å²) in [5.41, 5.74) is 0. The Morgan fingerprint density at radius 3 is 2.04 bits per heavy atom. The van der Waals surface area contributed by atoms with Gasteiger partial charge in [-0.05, 0) is 24.3 Å². The summed E-state index contributed by atoms with van der Waals surface area (Å²) in [7, 11) is 0. The molecule has 1 N–H and O–H groups in total. The highest BCUT2D eigenvalue weighted by molar-refractivity contribution is 7.12. The fourth-order valence-electron chi connectivity index (χ4n) is 3.99. The van der Waals surface area contributed by atoms with E-state index in [1.807, 2.05) is 17.5 Å². The maximum atomic E-state index is 12.6. The molecule has 2 heterocycles. The standard InChI is InChI=1S/C21H32N2O2S/c24-20(17-15-23(16-17)21(25)19-13-10-14-26-19)22-18-11-8-6-4-2-1-3-5-7-9-12-18/h10,13-14,17-18H,1-9,11-12,15-16H2,(H,22,24). The molecule has 26 heavy (non-hydrogen) atoms. The highest BCUT2D eigenvalue weighted by Gasteiger charge is 2.36. The number of hydrogen-bond donors (Lipinski definition) is 1. The first kappa shape index (κ1) is 19.4. The Morgan fingerprint density at radius 1 is 0.923 bits per heavy atom. The predicted octanol–water partition coefficient (Wildman–Crippen LogP) is 4.61. The van der Waals surface area contributed by atoms with Gasteiger partial charge in [0.05, 0.1) is 10.8 Å². The summed E-state index contributed by atoms with van der Waals surface area (Å²) >= 11 is 1.47. The van der Waals surface area contributed by atoms with Gasteiger partial charge < -0.3 is 10.2 Å². The molecule has 0 aromatic carbocycles. The minimum atomic E-state index is -0.0275. The van der Waals surface area contributed by atoms with Crippen molar-refractivity contribution in [3.63, 3.8) is 0 Å². The van der Waals surface area contributed by atoms with Crippen LogP contribution in [0.15, 0.2) is 17.5 Å². The third-order valence-corrected chi connectivity index (χ3v) is 6.58. The Hall–Kier alpha value is -1.36. The second-order valence-corrected chi connectivity index (χ2v) is 8.80. The van der Waals surface area contributed by atoms with Gasteiger partial charge in [-0.15, -0.1) is 11.3 Å². The lowest BCUT2D eigenvalue weighted by atomic mass is 9.95. The number of rotatable bonds is 3. The average molecular weight is 377 g/mol. The molecule has 0 bridgehead atoms. The number of nitrogens with zero attached hydrogens (tertiary/aromatic N) is 1. The molecule has 144 valence electrons. The molecule has 1 saturated carbocycles. The van der Waals surface area contributed by atoms with Crippen molar-refractivity contribution in [2.45, 2.75) is 76.7 Å². The normalized spacial score (nSPS) is 21.3. The van der Waals surface area contributed by atoms with E-state index in [0.29, 0.717) is 19.1 Å². The van der Waals surface area contributed by atoms with Crippen LogP contribution in [0.3, 0.4) is 0 Å². The fourth-order valence-corrected chi connectivity index (χ4v) is 4.68. The number of nitrogens with one attached hydrogen (secondary N) is 1. The van der Waals surface area contributed by atoms with Crippen molar-refractivity contribution in [1.29, 1.82) is 0 Å². The van der Waals surface area contributed by atoms with Crippen LogP contribution in [0.5, 0.6) is 0 Å². The summed E-state index contributed by atoms with van der Waals surface area (Å²) in [5, 5.41) is 5.21. The molecule has 3 rings (SSSR count). The van der Waals surface area contributed by atoms with Crippen LogP contribution in [0.2, 0.25) is 0 Å². The van der Waals surface area contributed by atoms with Crippen LogP contribution >= 0.6 is 11.3 Å². The summed E-state index contributed by atoms with van der Waals surface area (Å²) in [5.74, 6) is 0.188. The highest BCUT2D eigenvalue weighted by atomic mass is 32.1. The average Bonchev–Trinajstić information content (AvgIpc) is 3.10. The molecule has 1 aliphatic carbocycles. The molecule has 2 fully saturated rings. The van der Waals surface area contributed by atoms with Crippen molar-refractivity contribution in [3.8, 4) is 0 Å². The first-order valence-corrected chi connectivity index (χ1v) is 11.2. The van der Waals surface area contributed by atoms with E-state index in [1.165, 1.54) is 69.1 Å². The molecule has 4 nitrogen and oxygen atoms in total. The molecule has 2 aliphatic rings. The minimum absolute atomic E-state index is 0.0275. The summed E-state index contributed by atoms with van der Waals surface area (Å²) in [4.78, 5) is 27.4. The second-order valence-electron chi connectivity index (χ2n) is 7.85. The van der Waals surface area contributed by atoms with Gasteiger partial charge in [-0.25, -0.2) is 0 Å². The van der Waals surface area contributed by atoms with Crippen LogP contribution in [-0.2, 0) is 4.79 Å². The fraction of sp³-hybridized carbons (Fsp3) is 0.714. The first-order valence-electron chi connectivity index (χ1n) is 10.4. The number of amides is 2. The van der Waals surface area contributed by atoms with Gasteiger partial charge in [-0.2, -0.15) is 0 Å².